The summed E-state index contributed by atoms with van der Waals surface area (Å²) in [5.74, 6) is 0.596. The van der Waals surface area contributed by atoms with Crippen molar-refractivity contribution in [3.8, 4) is 22.4 Å². The summed E-state index contributed by atoms with van der Waals surface area (Å²) in [5, 5.41) is 7.30. The van der Waals surface area contributed by atoms with Crippen LogP contribution >= 0.6 is 0 Å². The molecule has 0 saturated carbocycles. The predicted octanol–water partition coefficient (Wildman–Crippen LogP) is 3.72. The van der Waals surface area contributed by atoms with Gasteiger partial charge in [0.25, 0.3) is 0 Å². The zero-order valence-corrected chi connectivity index (χ0v) is 14.0. The third kappa shape index (κ3) is 3.59. The van der Waals surface area contributed by atoms with Gasteiger partial charge in [-0.05, 0) is 35.9 Å². The van der Waals surface area contributed by atoms with Gasteiger partial charge in [0, 0.05) is 17.3 Å². The molecule has 1 amide bonds. The van der Waals surface area contributed by atoms with E-state index in [1.54, 1.807) is 35.7 Å². The molecule has 6 heteroatoms. The third-order valence-electron chi connectivity index (χ3n) is 4.00. The van der Waals surface area contributed by atoms with Gasteiger partial charge < -0.3 is 14.2 Å². The molecule has 0 atom stereocenters. The largest absolute Gasteiger partial charge is 0.472 e. The highest BCUT2D eigenvalue weighted by Gasteiger charge is 2.08. The van der Waals surface area contributed by atoms with Gasteiger partial charge in [0.2, 0.25) is 5.91 Å². The van der Waals surface area contributed by atoms with Crippen LogP contribution in [-0.2, 0) is 17.9 Å². The fraction of sp³-hybridized carbons (Fsp3) is 0.100. The molecule has 1 aromatic carbocycles. The Morgan fingerprint density at radius 1 is 1.04 bits per heavy atom. The minimum atomic E-state index is -0.122. The quantitative estimate of drug-likeness (QED) is 0.577. The second-order valence-electron chi connectivity index (χ2n) is 5.85. The molecule has 0 aliphatic heterocycles. The Kier molecular flexibility index (Phi) is 4.38. The lowest BCUT2D eigenvalue weighted by atomic mass is 10.0. The van der Waals surface area contributed by atoms with Crippen LogP contribution in [0.1, 0.15) is 5.76 Å². The molecule has 3 heterocycles. The summed E-state index contributed by atoms with van der Waals surface area (Å²) in [6, 6.07) is 15.5. The molecule has 3 aromatic heterocycles. The van der Waals surface area contributed by atoms with Crippen LogP contribution < -0.4 is 5.32 Å². The molecule has 1 N–H and O–H groups in total. The minimum absolute atomic E-state index is 0.122. The molecule has 0 unspecified atom stereocenters. The van der Waals surface area contributed by atoms with Crippen molar-refractivity contribution in [3.05, 3.63) is 79.3 Å². The topological polar surface area (TPSA) is 73.2 Å². The Bertz CT molecular complexity index is 985. The highest BCUT2D eigenvalue weighted by Crippen LogP contribution is 2.25. The van der Waals surface area contributed by atoms with Crippen molar-refractivity contribution in [2.75, 3.05) is 0 Å². The molecule has 26 heavy (non-hydrogen) atoms. The first-order chi connectivity index (χ1) is 12.8. The number of hydrogen-bond acceptors (Lipinski definition) is 4. The SMILES string of the molecule is O=C(Cn1ccc(-c2cccc(-c3ccoc3)c2)n1)NCc1ccco1. The first-order valence-electron chi connectivity index (χ1n) is 8.23. The summed E-state index contributed by atoms with van der Waals surface area (Å²) in [4.78, 5) is 12.0. The van der Waals surface area contributed by atoms with E-state index in [0.29, 0.717) is 6.54 Å². The molecular weight excluding hydrogens is 330 g/mol. The van der Waals surface area contributed by atoms with E-state index in [4.69, 9.17) is 8.83 Å². The zero-order valence-electron chi connectivity index (χ0n) is 14.0. The Morgan fingerprint density at radius 3 is 2.77 bits per heavy atom. The lowest BCUT2D eigenvalue weighted by Gasteiger charge is -2.04. The monoisotopic (exact) mass is 347 g/mol. The van der Waals surface area contributed by atoms with Crippen LogP contribution in [0.3, 0.4) is 0 Å². The lowest BCUT2D eigenvalue weighted by Crippen LogP contribution is -2.27. The number of rotatable bonds is 6. The number of carbonyl (C=O) groups is 1. The van der Waals surface area contributed by atoms with Gasteiger partial charge >= 0.3 is 0 Å². The van der Waals surface area contributed by atoms with E-state index < -0.39 is 0 Å². The van der Waals surface area contributed by atoms with Crippen molar-refractivity contribution in [3.63, 3.8) is 0 Å². The average Bonchev–Trinajstić information content (AvgIpc) is 3.42. The van der Waals surface area contributed by atoms with E-state index in [-0.39, 0.29) is 12.5 Å². The zero-order chi connectivity index (χ0) is 17.8. The smallest absolute Gasteiger partial charge is 0.242 e. The first-order valence-corrected chi connectivity index (χ1v) is 8.23. The van der Waals surface area contributed by atoms with E-state index in [9.17, 15) is 4.79 Å². The Hall–Kier alpha value is -3.54. The summed E-state index contributed by atoms with van der Waals surface area (Å²) in [6.45, 7) is 0.523. The van der Waals surface area contributed by atoms with Crippen molar-refractivity contribution in [1.82, 2.24) is 15.1 Å². The second-order valence-corrected chi connectivity index (χ2v) is 5.85. The molecule has 4 aromatic rings. The van der Waals surface area contributed by atoms with Gasteiger partial charge in [-0.3, -0.25) is 9.48 Å². The molecule has 0 fully saturated rings. The molecule has 0 aliphatic carbocycles. The number of aromatic nitrogens is 2. The fourth-order valence-electron chi connectivity index (χ4n) is 2.69. The number of nitrogens with zero attached hydrogens (tertiary/aromatic N) is 2. The lowest BCUT2D eigenvalue weighted by molar-refractivity contribution is -0.122. The Labute approximate surface area is 150 Å². The highest BCUT2D eigenvalue weighted by atomic mass is 16.3. The number of carbonyl (C=O) groups excluding carboxylic acids is 1. The highest BCUT2D eigenvalue weighted by molar-refractivity contribution is 5.75. The van der Waals surface area contributed by atoms with Crippen LogP contribution in [-0.4, -0.2) is 15.7 Å². The Morgan fingerprint density at radius 2 is 1.96 bits per heavy atom. The number of nitrogens with one attached hydrogen (secondary N) is 1. The molecule has 6 nitrogen and oxygen atoms in total. The summed E-state index contributed by atoms with van der Waals surface area (Å²) in [6.07, 6.45) is 6.74. The standard InChI is InChI=1S/C20H17N3O3/c24-20(21-12-18-5-2-9-26-18)13-23-8-6-19(22-23)16-4-1-3-15(11-16)17-7-10-25-14-17/h1-11,14H,12-13H2,(H,21,24). The van der Waals surface area contributed by atoms with Crippen LogP contribution in [0.4, 0.5) is 0 Å². The average molecular weight is 347 g/mol. The van der Waals surface area contributed by atoms with E-state index >= 15 is 0 Å². The van der Waals surface area contributed by atoms with Crippen LogP contribution in [0.5, 0.6) is 0 Å². The van der Waals surface area contributed by atoms with E-state index in [2.05, 4.69) is 16.5 Å². The van der Waals surface area contributed by atoms with Crippen LogP contribution in [0.15, 0.2) is 82.4 Å². The van der Waals surface area contributed by atoms with E-state index in [1.165, 1.54) is 0 Å². The van der Waals surface area contributed by atoms with Crippen molar-refractivity contribution in [2.24, 2.45) is 0 Å². The van der Waals surface area contributed by atoms with Crippen molar-refractivity contribution in [1.29, 1.82) is 0 Å². The normalized spacial score (nSPS) is 10.8. The maximum atomic E-state index is 12.0. The number of amides is 1. The fourth-order valence-corrected chi connectivity index (χ4v) is 2.69. The maximum absolute atomic E-state index is 12.0. The van der Waals surface area contributed by atoms with Crippen molar-refractivity contribution < 1.29 is 13.6 Å². The number of furan rings is 2. The van der Waals surface area contributed by atoms with E-state index in [1.807, 2.05) is 36.4 Å². The number of benzene rings is 1. The third-order valence-corrected chi connectivity index (χ3v) is 4.00. The molecule has 0 radical (unpaired) electrons. The van der Waals surface area contributed by atoms with Gasteiger partial charge in [0.1, 0.15) is 12.3 Å². The molecule has 0 aliphatic rings. The summed E-state index contributed by atoms with van der Waals surface area (Å²) >= 11 is 0. The van der Waals surface area contributed by atoms with Crippen molar-refractivity contribution >= 4 is 5.91 Å². The first kappa shape index (κ1) is 16.0. The van der Waals surface area contributed by atoms with Gasteiger partial charge in [-0.2, -0.15) is 5.10 Å². The maximum Gasteiger partial charge on any atom is 0.242 e. The summed E-state index contributed by atoms with van der Waals surface area (Å²) in [5.41, 5.74) is 3.87. The van der Waals surface area contributed by atoms with Gasteiger partial charge in [-0.1, -0.05) is 18.2 Å². The second kappa shape index (κ2) is 7.14. The van der Waals surface area contributed by atoms with Crippen molar-refractivity contribution in [2.45, 2.75) is 13.1 Å². The minimum Gasteiger partial charge on any atom is -0.472 e. The summed E-state index contributed by atoms with van der Waals surface area (Å²) < 4.78 is 12.0. The molecule has 0 bridgehead atoms. The van der Waals surface area contributed by atoms with Gasteiger partial charge in [-0.25, -0.2) is 0 Å². The molecule has 130 valence electrons. The van der Waals surface area contributed by atoms with Gasteiger partial charge in [-0.15, -0.1) is 0 Å². The van der Waals surface area contributed by atoms with Gasteiger partial charge in [0.05, 0.1) is 31.0 Å². The van der Waals surface area contributed by atoms with Gasteiger partial charge in [0.15, 0.2) is 0 Å². The molecule has 0 spiro atoms. The summed E-state index contributed by atoms with van der Waals surface area (Å²) in [7, 11) is 0. The molecule has 4 rings (SSSR count). The van der Waals surface area contributed by atoms with Crippen LogP contribution in [0.2, 0.25) is 0 Å². The molecule has 0 saturated heterocycles. The number of hydrogen-bond donors (Lipinski definition) is 1. The van der Waals surface area contributed by atoms with E-state index in [0.717, 1.165) is 28.1 Å². The molecular formula is C20H17N3O3. The van der Waals surface area contributed by atoms with Crippen LogP contribution in [0, 0.1) is 0 Å². The predicted molar refractivity (Wildman–Crippen MR) is 95.9 cm³/mol. The Balaban J connectivity index is 1.43. The van der Waals surface area contributed by atoms with Crippen LogP contribution in [0.25, 0.3) is 22.4 Å².